The molecule has 0 fully saturated rings. The number of nitrogens with zero attached hydrogens (tertiary/aromatic N) is 1. The van der Waals surface area contributed by atoms with Crippen LogP contribution in [-0.2, 0) is 6.54 Å². The maximum atomic E-state index is 12.5. The fourth-order valence-corrected chi connectivity index (χ4v) is 2.08. The van der Waals surface area contributed by atoms with Gasteiger partial charge in [0, 0.05) is 6.54 Å². The summed E-state index contributed by atoms with van der Waals surface area (Å²) in [7, 11) is -9.64. The fraction of sp³-hybridized carbons (Fsp3) is 0.0833. The van der Waals surface area contributed by atoms with E-state index in [4.69, 9.17) is 0 Å². The highest BCUT2D eigenvalue weighted by molar-refractivity contribution is 8.45. The molecule has 20 heavy (non-hydrogen) atoms. The largest absolute Gasteiger partial charge is 0.366 e. The van der Waals surface area contributed by atoms with E-state index in [0.29, 0.717) is 12.6 Å². The van der Waals surface area contributed by atoms with E-state index in [1.807, 2.05) is 30.3 Å². The normalized spacial score (nSPS) is 15.2. The van der Waals surface area contributed by atoms with Crippen LogP contribution >= 0.6 is 10.2 Å². The Labute approximate surface area is 112 Å². The molecule has 2 aromatic rings. The summed E-state index contributed by atoms with van der Waals surface area (Å²) < 4.78 is 62.3. The van der Waals surface area contributed by atoms with E-state index in [2.05, 4.69) is 10.3 Å². The Morgan fingerprint density at radius 1 is 0.900 bits per heavy atom. The van der Waals surface area contributed by atoms with Gasteiger partial charge in [0.15, 0.2) is 0 Å². The molecule has 1 N–H and O–H groups in total. The minimum absolute atomic E-state index is 0.0967. The number of benzene rings is 1. The number of aromatic nitrogens is 1. The van der Waals surface area contributed by atoms with Crippen molar-refractivity contribution in [1.29, 1.82) is 0 Å². The molecule has 8 heteroatoms. The standard InChI is InChI=1S/C12H11F5N2S/c13-20(14,15,16,17)11-6-7-12(19-9-11)18-8-10-4-2-1-3-5-10/h1-7,9H,8H2,(H,18,19). The molecule has 0 bridgehead atoms. The first-order valence-electron chi connectivity index (χ1n) is 5.52. The molecule has 0 aliphatic carbocycles. The van der Waals surface area contributed by atoms with Crippen molar-refractivity contribution in [3.05, 3.63) is 54.2 Å². The van der Waals surface area contributed by atoms with Crippen molar-refractivity contribution in [2.75, 3.05) is 5.32 Å². The van der Waals surface area contributed by atoms with Gasteiger partial charge in [-0.15, -0.1) is 0 Å². The summed E-state index contributed by atoms with van der Waals surface area (Å²) in [6.45, 7) is 0.337. The predicted molar refractivity (Wildman–Crippen MR) is 69.4 cm³/mol. The van der Waals surface area contributed by atoms with Gasteiger partial charge in [-0.05, 0) is 17.7 Å². The third kappa shape index (κ3) is 3.83. The van der Waals surface area contributed by atoms with Crippen LogP contribution in [0.2, 0.25) is 0 Å². The molecule has 110 valence electrons. The summed E-state index contributed by atoms with van der Waals surface area (Å²) in [4.78, 5) is 1.38. The lowest BCUT2D eigenvalue weighted by atomic mass is 10.2. The molecule has 2 rings (SSSR count). The quantitative estimate of drug-likeness (QED) is 0.770. The van der Waals surface area contributed by atoms with Crippen molar-refractivity contribution in [2.45, 2.75) is 11.4 Å². The van der Waals surface area contributed by atoms with Crippen LogP contribution in [0.4, 0.5) is 25.2 Å². The molecule has 0 saturated carbocycles. The van der Waals surface area contributed by atoms with Gasteiger partial charge in [-0.1, -0.05) is 49.8 Å². The van der Waals surface area contributed by atoms with Gasteiger partial charge in [-0.3, -0.25) is 0 Å². The molecule has 2 nitrogen and oxygen atoms in total. The van der Waals surface area contributed by atoms with Gasteiger partial charge >= 0.3 is 10.2 Å². The Balaban J connectivity index is 2.11. The van der Waals surface area contributed by atoms with Gasteiger partial charge in [-0.25, -0.2) is 4.98 Å². The Hall–Kier alpha value is -1.83. The molecule has 0 saturated heterocycles. The second kappa shape index (κ2) is 4.08. The summed E-state index contributed by atoms with van der Waals surface area (Å²) in [6.07, 6.45) is 0.148. The second-order valence-corrected chi connectivity index (χ2v) is 6.60. The first-order chi connectivity index (χ1) is 9.04. The van der Waals surface area contributed by atoms with Gasteiger partial charge < -0.3 is 5.32 Å². The van der Waals surface area contributed by atoms with Crippen molar-refractivity contribution < 1.29 is 19.4 Å². The van der Waals surface area contributed by atoms with E-state index in [9.17, 15) is 19.4 Å². The van der Waals surface area contributed by atoms with Gasteiger partial charge in [-0.2, -0.15) is 0 Å². The van der Waals surface area contributed by atoms with E-state index in [-0.39, 0.29) is 12.0 Å². The van der Waals surface area contributed by atoms with Crippen molar-refractivity contribution in [3.8, 4) is 0 Å². The lowest BCUT2D eigenvalue weighted by molar-refractivity contribution is 0.363. The maximum absolute atomic E-state index is 12.5. The summed E-state index contributed by atoms with van der Waals surface area (Å²) in [5, 5.41) is 2.75. The highest BCUT2D eigenvalue weighted by atomic mass is 32.5. The molecule has 0 unspecified atom stereocenters. The van der Waals surface area contributed by atoms with Crippen molar-refractivity contribution in [1.82, 2.24) is 4.98 Å². The lowest BCUT2D eigenvalue weighted by Gasteiger charge is -2.40. The molecule has 1 aromatic heterocycles. The van der Waals surface area contributed by atoms with Crippen molar-refractivity contribution >= 4 is 16.0 Å². The highest BCUT2D eigenvalue weighted by Crippen LogP contribution is 3.02. The molecule has 0 aliphatic rings. The van der Waals surface area contributed by atoms with Gasteiger partial charge in [0.2, 0.25) is 0 Å². The zero-order valence-corrected chi connectivity index (χ0v) is 10.9. The average molecular weight is 310 g/mol. The van der Waals surface area contributed by atoms with E-state index in [1.54, 1.807) is 0 Å². The Morgan fingerprint density at radius 3 is 2.05 bits per heavy atom. The second-order valence-electron chi connectivity index (χ2n) is 4.19. The monoisotopic (exact) mass is 310 g/mol. The SMILES string of the molecule is FS(F)(F)(F)(F)c1ccc(NCc2ccccc2)nc1. The molecule has 1 aromatic carbocycles. The van der Waals surface area contributed by atoms with Crippen LogP contribution in [0.25, 0.3) is 0 Å². The van der Waals surface area contributed by atoms with Crippen LogP contribution in [0, 0.1) is 0 Å². The third-order valence-electron chi connectivity index (χ3n) is 2.50. The fourth-order valence-electron chi connectivity index (χ4n) is 1.50. The average Bonchev–Trinajstić information content (AvgIpc) is 2.35. The molecular weight excluding hydrogens is 299 g/mol. The third-order valence-corrected chi connectivity index (χ3v) is 3.63. The molecule has 1 heterocycles. The molecule has 0 aliphatic heterocycles. The zero-order chi connectivity index (χ0) is 14.9. The Kier molecular flexibility index (Phi) is 2.97. The van der Waals surface area contributed by atoms with Gasteiger partial charge in [0.1, 0.15) is 10.7 Å². The van der Waals surface area contributed by atoms with Crippen molar-refractivity contribution in [2.24, 2.45) is 0 Å². The number of hydrogen-bond acceptors (Lipinski definition) is 2. The van der Waals surface area contributed by atoms with E-state index in [0.717, 1.165) is 11.6 Å². The predicted octanol–water partition coefficient (Wildman–Crippen LogP) is 5.35. The molecule has 0 atom stereocenters. The van der Waals surface area contributed by atoms with Gasteiger partial charge in [0.05, 0.1) is 6.20 Å². The summed E-state index contributed by atoms with van der Waals surface area (Å²) >= 11 is 0. The van der Waals surface area contributed by atoms with Crippen LogP contribution in [0.5, 0.6) is 0 Å². The van der Waals surface area contributed by atoms with Crippen LogP contribution in [0.15, 0.2) is 53.6 Å². The molecular formula is C12H11F5N2S. The van der Waals surface area contributed by atoms with E-state index < -0.39 is 15.1 Å². The lowest BCUT2D eigenvalue weighted by Crippen LogP contribution is -2.07. The number of anilines is 1. The number of rotatable bonds is 4. The number of pyridine rings is 1. The number of nitrogens with one attached hydrogen (secondary N) is 1. The molecule has 0 amide bonds. The molecule has 0 radical (unpaired) electrons. The topological polar surface area (TPSA) is 24.9 Å². The van der Waals surface area contributed by atoms with Crippen LogP contribution < -0.4 is 5.32 Å². The number of halogens is 5. The first kappa shape index (κ1) is 14.6. The summed E-state index contributed by atoms with van der Waals surface area (Å²) in [5.74, 6) is 0.0967. The van der Waals surface area contributed by atoms with Crippen molar-refractivity contribution in [3.63, 3.8) is 0 Å². The van der Waals surface area contributed by atoms with Crippen LogP contribution in [0.1, 0.15) is 5.56 Å². The van der Waals surface area contributed by atoms with Crippen LogP contribution in [-0.4, -0.2) is 4.98 Å². The first-order valence-corrected chi connectivity index (χ1v) is 7.48. The van der Waals surface area contributed by atoms with E-state index in [1.165, 1.54) is 0 Å². The van der Waals surface area contributed by atoms with Crippen LogP contribution in [0.3, 0.4) is 0 Å². The Morgan fingerprint density at radius 2 is 1.55 bits per heavy atom. The van der Waals surface area contributed by atoms with E-state index >= 15 is 0 Å². The Bertz CT molecular complexity index is 595. The minimum Gasteiger partial charge on any atom is -0.366 e. The zero-order valence-electron chi connectivity index (χ0n) is 10.1. The highest BCUT2D eigenvalue weighted by Gasteiger charge is 2.65. The van der Waals surface area contributed by atoms with Gasteiger partial charge in [0.25, 0.3) is 0 Å². The molecule has 0 spiro atoms. The maximum Gasteiger partial charge on any atom is 0.311 e. The minimum atomic E-state index is -9.64. The smallest absolute Gasteiger partial charge is 0.311 e. The number of hydrogen-bond donors (Lipinski definition) is 1. The summed E-state index contributed by atoms with van der Waals surface area (Å²) in [6, 6.07) is 10.3. The summed E-state index contributed by atoms with van der Waals surface area (Å²) in [5.41, 5.74) is 0.895.